The lowest BCUT2D eigenvalue weighted by Crippen LogP contribution is -2.11. The molecule has 1 aromatic rings. The Morgan fingerprint density at radius 1 is 1.05 bits per heavy atom. The van der Waals surface area contributed by atoms with Crippen molar-refractivity contribution in [2.24, 2.45) is 5.92 Å². The molecule has 1 fully saturated rings. The van der Waals surface area contributed by atoms with Gasteiger partial charge in [0.25, 0.3) is 0 Å². The summed E-state index contributed by atoms with van der Waals surface area (Å²) in [5.41, 5.74) is 0. The molecule has 6 nitrogen and oxygen atoms in total. The third-order valence-corrected chi connectivity index (χ3v) is 3.44. The summed E-state index contributed by atoms with van der Waals surface area (Å²) in [6.45, 7) is 1.18. The Hall–Kier alpha value is -1.85. The van der Waals surface area contributed by atoms with Gasteiger partial charge in [0.2, 0.25) is 0 Å². The standard InChI is InChI=1S/C12H20N2.C2H2O4/c1-2-4-6-12(7-5-3-1)10-14-9-8-13-11-14;3-1(4)2(5)6/h8-9,11-12H,1-7,10H2;(H,3,4)(H,5,6). The highest BCUT2D eigenvalue weighted by atomic mass is 16.4. The van der Waals surface area contributed by atoms with Gasteiger partial charge in [0.15, 0.2) is 0 Å². The van der Waals surface area contributed by atoms with Crippen LogP contribution in [0.25, 0.3) is 0 Å². The molecule has 0 aromatic carbocycles. The van der Waals surface area contributed by atoms with Crippen molar-refractivity contribution < 1.29 is 19.8 Å². The Bertz CT molecular complexity index is 383. The topological polar surface area (TPSA) is 92.4 Å². The average molecular weight is 282 g/mol. The zero-order valence-electron chi connectivity index (χ0n) is 11.6. The van der Waals surface area contributed by atoms with Gasteiger partial charge < -0.3 is 14.8 Å². The highest BCUT2D eigenvalue weighted by Gasteiger charge is 2.11. The maximum atomic E-state index is 9.10. The molecule has 1 heterocycles. The van der Waals surface area contributed by atoms with Crippen LogP contribution in [0.5, 0.6) is 0 Å². The molecule has 0 bridgehead atoms. The van der Waals surface area contributed by atoms with E-state index in [0.717, 1.165) is 5.92 Å². The van der Waals surface area contributed by atoms with Crippen LogP contribution in [0.15, 0.2) is 18.7 Å². The van der Waals surface area contributed by atoms with Crippen LogP contribution < -0.4 is 0 Å². The average Bonchev–Trinajstić information content (AvgIpc) is 2.86. The lowest BCUT2D eigenvalue weighted by molar-refractivity contribution is -0.159. The lowest BCUT2D eigenvalue weighted by Gasteiger charge is -2.19. The van der Waals surface area contributed by atoms with Gasteiger partial charge in [-0.3, -0.25) is 0 Å². The predicted molar refractivity (Wildman–Crippen MR) is 73.3 cm³/mol. The fourth-order valence-corrected chi connectivity index (χ4v) is 2.42. The molecule has 2 N–H and O–H groups in total. The number of imidazole rings is 1. The first-order chi connectivity index (χ1) is 9.59. The number of nitrogens with zero attached hydrogens (tertiary/aromatic N) is 2. The van der Waals surface area contributed by atoms with Crippen molar-refractivity contribution in [3.05, 3.63) is 18.7 Å². The lowest BCUT2D eigenvalue weighted by atomic mass is 9.91. The first-order valence-electron chi connectivity index (χ1n) is 7.01. The summed E-state index contributed by atoms with van der Waals surface area (Å²) >= 11 is 0. The smallest absolute Gasteiger partial charge is 0.414 e. The Labute approximate surface area is 118 Å². The van der Waals surface area contributed by atoms with Gasteiger partial charge in [0.1, 0.15) is 0 Å². The number of aliphatic carboxylic acids is 2. The highest BCUT2D eigenvalue weighted by Crippen LogP contribution is 2.23. The van der Waals surface area contributed by atoms with E-state index in [2.05, 4.69) is 15.7 Å². The summed E-state index contributed by atoms with van der Waals surface area (Å²) in [6, 6.07) is 0. The van der Waals surface area contributed by atoms with Crippen molar-refractivity contribution in [1.29, 1.82) is 0 Å². The molecule has 0 amide bonds. The van der Waals surface area contributed by atoms with Crippen LogP contribution in [0.4, 0.5) is 0 Å². The van der Waals surface area contributed by atoms with E-state index in [1.807, 2.05) is 12.5 Å². The summed E-state index contributed by atoms with van der Waals surface area (Å²) in [5.74, 6) is -2.76. The molecule has 0 spiro atoms. The quantitative estimate of drug-likeness (QED) is 0.812. The molecular formula is C14H22N2O4. The predicted octanol–water partition coefficient (Wildman–Crippen LogP) is 2.40. The van der Waals surface area contributed by atoms with E-state index in [1.54, 1.807) is 0 Å². The van der Waals surface area contributed by atoms with E-state index in [-0.39, 0.29) is 0 Å². The van der Waals surface area contributed by atoms with Crippen molar-refractivity contribution in [3.63, 3.8) is 0 Å². The van der Waals surface area contributed by atoms with Crippen LogP contribution in [-0.4, -0.2) is 31.7 Å². The molecule has 0 radical (unpaired) electrons. The van der Waals surface area contributed by atoms with Gasteiger partial charge in [0.05, 0.1) is 6.33 Å². The Morgan fingerprint density at radius 3 is 2.05 bits per heavy atom. The van der Waals surface area contributed by atoms with Crippen LogP contribution in [0.2, 0.25) is 0 Å². The summed E-state index contributed by atoms with van der Waals surface area (Å²) in [5, 5.41) is 14.8. The summed E-state index contributed by atoms with van der Waals surface area (Å²) in [6.07, 6.45) is 15.9. The second-order valence-corrected chi connectivity index (χ2v) is 5.08. The summed E-state index contributed by atoms with van der Waals surface area (Å²) in [4.78, 5) is 22.3. The third kappa shape index (κ3) is 6.92. The minimum absolute atomic E-state index is 0.893. The molecule has 1 aromatic heterocycles. The van der Waals surface area contributed by atoms with E-state index in [0.29, 0.717) is 0 Å². The fourth-order valence-electron chi connectivity index (χ4n) is 2.42. The molecule has 6 heteroatoms. The number of carboxylic acid groups (broad SMARTS) is 2. The minimum Gasteiger partial charge on any atom is -0.473 e. The van der Waals surface area contributed by atoms with Gasteiger partial charge in [0, 0.05) is 18.9 Å². The Balaban J connectivity index is 0.000000286. The van der Waals surface area contributed by atoms with Crippen molar-refractivity contribution >= 4 is 11.9 Å². The number of hydrogen-bond acceptors (Lipinski definition) is 3. The second-order valence-electron chi connectivity index (χ2n) is 5.08. The molecule has 20 heavy (non-hydrogen) atoms. The Morgan fingerprint density at radius 2 is 1.60 bits per heavy atom. The summed E-state index contributed by atoms with van der Waals surface area (Å²) < 4.78 is 2.23. The third-order valence-electron chi connectivity index (χ3n) is 3.44. The van der Waals surface area contributed by atoms with E-state index < -0.39 is 11.9 Å². The fraction of sp³-hybridized carbons (Fsp3) is 0.643. The maximum absolute atomic E-state index is 9.10. The number of rotatable bonds is 2. The molecule has 0 unspecified atom stereocenters. The van der Waals surface area contributed by atoms with Crippen molar-refractivity contribution in [2.45, 2.75) is 51.5 Å². The minimum atomic E-state index is -1.82. The normalized spacial score (nSPS) is 16.4. The first kappa shape index (κ1) is 16.2. The number of aromatic nitrogens is 2. The molecule has 0 saturated heterocycles. The van der Waals surface area contributed by atoms with Crippen LogP contribution in [0, 0.1) is 5.92 Å². The molecule has 1 saturated carbocycles. The molecule has 112 valence electrons. The van der Waals surface area contributed by atoms with E-state index >= 15 is 0 Å². The van der Waals surface area contributed by atoms with Gasteiger partial charge in [-0.1, -0.05) is 32.1 Å². The molecule has 0 atom stereocenters. The largest absolute Gasteiger partial charge is 0.473 e. The van der Waals surface area contributed by atoms with Crippen LogP contribution in [0.1, 0.15) is 44.9 Å². The monoisotopic (exact) mass is 282 g/mol. The van der Waals surface area contributed by atoms with Crippen LogP contribution >= 0.6 is 0 Å². The molecule has 0 aliphatic heterocycles. The molecule has 1 aliphatic rings. The van der Waals surface area contributed by atoms with E-state index in [1.165, 1.54) is 51.5 Å². The Kier molecular flexibility index (Phi) is 7.39. The van der Waals surface area contributed by atoms with Crippen molar-refractivity contribution in [2.75, 3.05) is 0 Å². The van der Waals surface area contributed by atoms with E-state index in [4.69, 9.17) is 19.8 Å². The van der Waals surface area contributed by atoms with E-state index in [9.17, 15) is 0 Å². The number of hydrogen-bond donors (Lipinski definition) is 2. The van der Waals surface area contributed by atoms with Crippen LogP contribution in [0.3, 0.4) is 0 Å². The maximum Gasteiger partial charge on any atom is 0.414 e. The van der Waals surface area contributed by atoms with Crippen molar-refractivity contribution in [3.8, 4) is 0 Å². The number of carbonyl (C=O) groups is 2. The summed E-state index contributed by atoms with van der Waals surface area (Å²) in [7, 11) is 0. The SMILES string of the molecule is O=C(O)C(=O)O.c1cn(CC2CCCCCCC2)cn1. The van der Waals surface area contributed by atoms with Gasteiger partial charge in [-0.2, -0.15) is 0 Å². The molecular weight excluding hydrogens is 260 g/mol. The number of carboxylic acids is 2. The molecule has 1 aliphatic carbocycles. The van der Waals surface area contributed by atoms with Crippen LogP contribution in [-0.2, 0) is 16.1 Å². The van der Waals surface area contributed by atoms with Gasteiger partial charge in [-0.15, -0.1) is 0 Å². The molecule has 2 rings (SSSR count). The second kappa shape index (κ2) is 9.12. The van der Waals surface area contributed by atoms with Crippen molar-refractivity contribution in [1.82, 2.24) is 9.55 Å². The highest BCUT2D eigenvalue weighted by molar-refractivity contribution is 6.27. The van der Waals surface area contributed by atoms with Gasteiger partial charge in [-0.25, -0.2) is 14.6 Å². The van der Waals surface area contributed by atoms with Gasteiger partial charge in [-0.05, 0) is 18.8 Å². The zero-order valence-corrected chi connectivity index (χ0v) is 11.6. The zero-order chi connectivity index (χ0) is 14.8. The van der Waals surface area contributed by atoms with Gasteiger partial charge >= 0.3 is 11.9 Å². The first-order valence-corrected chi connectivity index (χ1v) is 7.01.